The van der Waals surface area contributed by atoms with Crippen LogP contribution in [0.1, 0.15) is 11.3 Å². The zero-order valence-electron chi connectivity index (χ0n) is 19.5. The molecule has 0 spiro atoms. The van der Waals surface area contributed by atoms with Crippen molar-refractivity contribution in [2.75, 3.05) is 44.7 Å². The summed E-state index contributed by atoms with van der Waals surface area (Å²) in [6, 6.07) is 9.27. The zero-order chi connectivity index (χ0) is 25.4. The minimum absolute atomic E-state index is 0.0355. The number of likely N-dealkylation sites (N-methyl/N-ethyl adjacent to an activating group) is 1. The molecule has 0 aliphatic carbocycles. The number of benzene rings is 2. The lowest BCUT2D eigenvalue weighted by Crippen LogP contribution is -2.45. The van der Waals surface area contributed by atoms with Crippen LogP contribution in [-0.2, 0) is 23.0 Å². The van der Waals surface area contributed by atoms with Crippen LogP contribution in [0.5, 0.6) is 11.6 Å². The first-order valence-electron chi connectivity index (χ1n) is 11.4. The summed E-state index contributed by atoms with van der Waals surface area (Å²) in [7, 11) is -1.81. The lowest BCUT2D eigenvalue weighted by Gasteiger charge is -2.34. The molecule has 0 amide bonds. The van der Waals surface area contributed by atoms with Crippen molar-refractivity contribution in [1.82, 2.24) is 19.2 Å². The summed E-state index contributed by atoms with van der Waals surface area (Å²) in [6.07, 6.45) is 0.340. The standard InChI is InChI=1S/C24H24ClF2N5O3S/c1-30-9-11-31(12-10-30)24-28-22-7-8-32(36(33,34)18-4-2-3-16(25)13-18)15-19(22)23(29-24)35-17-5-6-20(26)21(27)14-17/h2-6,13-14H,7-12,15H2,1H3. The Kier molecular flexibility index (Phi) is 6.82. The number of ether oxygens (including phenoxy) is 1. The molecule has 190 valence electrons. The summed E-state index contributed by atoms with van der Waals surface area (Å²) in [5.41, 5.74) is 1.14. The Hall–Kier alpha value is -2.86. The van der Waals surface area contributed by atoms with Gasteiger partial charge in [-0.15, -0.1) is 0 Å². The number of nitrogens with zero attached hydrogens (tertiary/aromatic N) is 5. The number of halogens is 3. The highest BCUT2D eigenvalue weighted by atomic mass is 35.5. The zero-order valence-corrected chi connectivity index (χ0v) is 21.1. The molecule has 0 atom stereocenters. The third-order valence-corrected chi connectivity index (χ3v) is 8.38. The molecule has 8 nitrogen and oxygen atoms in total. The van der Waals surface area contributed by atoms with Crippen LogP contribution < -0.4 is 9.64 Å². The monoisotopic (exact) mass is 535 g/mol. The molecule has 3 aromatic rings. The molecule has 2 aromatic carbocycles. The van der Waals surface area contributed by atoms with Gasteiger partial charge in [0.05, 0.1) is 16.2 Å². The van der Waals surface area contributed by atoms with Crippen molar-refractivity contribution in [3.05, 3.63) is 70.4 Å². The number of hydrogen-bond acceptors (Lipinski definition) is 7. The first-order valence-corrected chi connectivity index (χ1v) is 13.2. The molecule has 3 heterocycles. The molecule has 2 aliphatic rings. The van der Waals surface area contributed by atoms with Crippen molar-refractivity contribution in [2.24, 2.45) is 0 Å². The Bertz CT molecular complexity index is 1400. The summed E-state index contributed by atoms with van der Waals surface area (Å²) >= 11 is 6.02. The maximum absolute atomic E-state index is 13.9. The molecule has 12 heteroatoms. The molecule has 1 aromatic heterocycles. The predicted molar refractivity (Wildman–Crippen MR) is 131 cm³/mol. The minimum Gasteiger partial charge on any atom is -0.438 e. The van der Waals surface area contributed by atoms with Crippen LogP contribution in [0.4, 0.5) is 14.7 Å². The van der Waals surface area contributed by atoms with E-state index in [4.69, 9.17) is 21.3 Å². The van der Waals surface area contributed by atoms with Gasteiger partial charge in [-0.2, -0.15) is 9.29 Å². The first kappa shape index (κ1) is 24.8. The lowest BCUT2D eigenvalue weighted by atomic mass is 10.1. The number of piperazine rings is 1. The molecular formula is C24H24ClF2N5O3S. The number of sulfonamides is 1. The van der Waals surface area contributed by atoms with E-state index in [1.807, 2.05) is 11.9 Å². The second-order valence-electron chi connectivity index (χ2n) is 8.77. The van der Waals surface area contributed by atoms with Gasteiger partial charge in [0, 0.05) is 56.8 Å². The fourth-order valence-electron chi connectivity index (χ4n) is 4.21. The van der Waals surface area contributed by atoms with Gasteiger partial charge in [-0.05, 0) is 37.4 Å². The second kappa shape index (κ2) is 9.89. The van der Waals surface area contributed by atoms with E-state index in [9.17, 15) is 17.2 Å². The summed E-state index contributed by atoms with van der Waals surface area (Å²) in [6.45, 7) is 3.29. The second-order valence-corrected chi connectivity index (χ2v) is 11.1. The molecule has 0 radical (unpaired) electrons. The predicted octanol–water partition coefficient (Wildman–Crippen LogP) is 3.70. The smallest absolute Gasteiger partial charge is 0.243 e. The van der Waals surface area contributed by atoms with E-state index < -0.39 is 21.7 Å². The van der Waals surface area contributed by atoms with Crippen molar-refractivity contribution in [2.45, 2.75) is 17.9 Å². The third kappa shape index (κ3) is 5.01. The van der Waals surface area contributed by atoms with Crippen LogP contribution >= 0.6 is 11.6 Å². The van der Waals surface area contributed by atoms with Gasteiger partial charge >= 0.3 is 0 Å². The molecule has 0 bridgehead atoms. The maximum Gasteiger partial charge on any atom is 0.243 e. The molecule has 2 aliphatic heterocycles. The van der Waals surface area contributed by atoms with Gasteiger partial charge in [0.1, 0.15) is 5.75 Å². The van der Waals surface area contributed by atoms with E-state index in [-0.39, 0.29) is 29.6 Å². The number of rotatable bonds is 5. The molecule has 0 unspecified atom stereocenters. The fraction of sp³-hybridized carbons (Fsp3) is 0.333. The first-order chi connectivity index (χ1) is 17.2. The van der Waals surface area contributed by atoms with E-state index in [1.165, 1.54) is 22.5 Å². The van der Waals surface area contributed by atoms with Gasteiger partial charge in [-0.3, -0.25) is 0 Å². The Morgan fingerprint density at radius 1 is 0.972 bits per heavy atom. The van der Waals surface area contributed by atoms with Crippen LogP contribution in [0.2, 0.25) is 5.02 Å². The molecule has 1 saturated heterocycles. The van der Waals surface area contributed by atoms with Crippen molar-refractivity contribution < 1.29 is 21.9 Å². The summed E-state index contributed by atoms with van der Waals surface area (Å²) < 4.78 is 61.2. The highest BCUT2D eigenvalue weighted by Crippen LogP contribution is 2.34. The van der Waals surface area contributed by atoms with Crippen LogP contribution in [0.3, 0.4) is 0 Å². The van der Waals surface area contributed by atoms with Crippen LogP contribution in [-0.4, -0.2) is 67.4 Å². The topological polar surface area (TPSA) is 78.9 Å². The summed E-state index contributed by atoms with van der Waals surface area (Å²) in [5.74, 6) is -1.42. The average Bonchev–Trinajstić information content (AvgIpc) is 2.86. The van der Waals surface area contributed by atoms with Crippen molar-refractivity contribution in [1.29, 1.82) is 0 Å². The van der Waals surface area contributed by atoms with E-state index in [0.717, 1.165) is 38.3 Å². The molecule has 5 rings (SSSR count). The number of fused-ring (bicyclic) bond motifs is 1. The van der Waals surface area contributed by atoms with E-state index >= 15 is 0 Å². The average molecular weight is 536 g/mol. The SMILES string of the molecule is CN1CCN(c2nc3c(c(Oc4ccc(F)c(F)c4)n2)CN(S(=O)(=O)c2cccc(Cl)c2)CC3)CC1. The summed E-state index contributed by atoms with van der Waals surface area (Å²) in [5, 5.41) is 0.316. The van der Waals surface area contributed by atoms with E-state index in [1.54, 1.807) is 12.1 Å². The minimum atomic E-state index is -3.85. The quantitative estimate of drug-likeness (QED) is 0.493. The van der Waals surface area contributed by atoms with Crippen LogP contribution in [0, 0.1) is 11.6 Å². The van der Waals surface area contributed by atoms with Gasteiger partial charge < -0.3 is 14.5 Å². The van der Waals surface area contributed by atoms with E-state index in [2.05, 4.69) is 9.88 Å². The Labute approximate surface area is 213 Å². The summed E-state index contributed by atoms with van der Waals surface area (Å²) in [4.78, 5) is 13.7. The highest BCUT2D eigenvalue weighted by Gasteiger charge is 2.33. The van der Waals surface area contributed by atoms with Crippen molar-refractivity contribution in [3.63, 3.8) is 0 Å². The van der Waals surface area contributed by atoms with Gasteiger partial charge in [-0.25, -0.2) is 22.2 Å². The van der Waals surface area contributed by atoms with Crippen LogP contribution in [0.25, 0.3) is 0 Å². The Balaban J connectivity index is 1.52. The number of anilines is 1. The molecule has 1 fully saturated rings. The molecular weight excluding hydrogens is 512 g/mol. The van der Waals surface area contributed by atoms with Crippen LogP contribution in [0.15, 0.2) is 47.4 Å². The van der Waals surface area contributed by atoms with Crippen molar-refractivity contribution >= 4 is 27.6 Å². The normalized spacial score (nSPS) is 17.2. The number of hydrogen-bond donors (Lipinski definition) is 0. The molecule has 36 heavy (non-hydrogen) atoms. The lowest BCUT2D eigenvalue weighted by molar-refractivity contribution is 0.310. The fourth-order valence-corrected chi connectivity index (χ4v) is 5.92. The van der Waals surface area contributed by atoms with E-state index in [0.29, 0.717) is 28.6 Å². The molecule has 0 saturated carbocycles. The molecule has 0 N–H and O–H groups in total. The number of aromatic nitrogens is 2. The maximum atomic E-state index is 13.9. The van der Waals surface area contributed by atoms with Gasteiger partial charge in [0.25, 0.3) is 0 Å². The van der Waals surface area contributed by atoms with Gasteiger partial charge in [0.15, 0.2) is 11.6 Å². The third-order valence-electron chi connectivity index (χ3n) is 6.30. The highest BCUT2D eigenvalue weighted by molar-refractivity contribution is 7.89. The Morgan fingerprint density at radius 3 is 2.47 bits per heavy atom. The van der Waals surface area contributed by atoms with Gasteiger partial charge in [0.2, 0.25) is 21.9 Å². The Morgan fingerprint density at radius 2 is 1.75 bits per heavy atom. The van der Waals surface area contributed by atoms with Crippen molar-refractivity contribution in [3.8, 4) is 11.6 Å². The largest absolute Gasteiger partial charge is 0.438 e. The van der Waals surface area contributed by atoms with Gasteiger partial charge in [-0.1, -0.05) is 17.7 Å².